The van der Waals surface area contributed by atoms with Gasteiger partial charge in [-0.25, -0.2) is 4.99 Å². The summed E-state index contributed by atoms with van der Waals surface area (Å²) in [7, 11) is 0. The molecule has 1 amide bonds. The summed E-state index contributed by atoms with van der Waals surface area (Å²) in [5, 5.41) is 3.96. The van der Waals surface area contributed by atoms with Crippen LogP contribution in [-0.4, -0.2) is 17.7 Å². The summed E-state index contributed by atoms with van der Waals surface area (Å²) in [4.78, 5) is 17.7. The number of aryl methyl sites for hydroxylation is 1. The molecule has 3 aromatic carbocycles. The summed E-state index contributed by atoms with van der Waals surface area (Å²) in [6.45, 7) is 6.79. The molecular formula is C27H24BrClN2O3S. The smallest absolute Gasteiger partial charge is 0.264 e. The van der Waals surface area contributed by atoms with E-state index in [0.29, 0.717) is 39.8 Å². The molecule has 4 rings (SSSR count). The van der Waals surface area contributed by atoms with E-state index >= 15 is 0 Å². The molecule has 1 aliphatic rings. The van der Waals surface area contributed by atoms with Gasteiger partial charge in [-0.2, -0.15) is 0 Å². The lowest BCUT2D eigenvalue weighted by molar-refractivity contribution is -0.115. The highest BCUT2D eigenvalue weighted by Crippen LogP contribution is 2.37. The second-order valence-corrected chi connectivity index (χ2v) is 10.2. The first-order valence-corrected chi connectivity index (χ1v) is 13.0. The lowest BCUT2D eigenvalue weighted by Gasteiger charge is -2.14. The third kappa shape index (κ3) is 6.28. The Morgan fingerprint density at radius 1 is 1.09 bits per heavy atom. The normalized spacial score (nSPS) is 15.5. The number of thioether (sulfide) groups is 1. The number of ether oxygens (including phenoxy) is 2. The van der Waals surface area contributed by atoms with Crippen molar-refractivity contribution in [3.63, 3.8) is 0 Å². The molecule has 0 aliphatic carbocycles. The summed E-state index contributed by atoms with van der Waals surface area (Å²) in [6, 6.07) is 17.4. The van der Waals surface area contributed by atoms with E-state index in [2.05, 4.69) is 45.3 Å². The molecule has 1 aliphatic heterocycles. The Labute approximate surface area is 222 Å². The minimum Gasteiger partial charge on any atom is -0.490 e. The van der Waals surface area contributed by atoms with Crippen molar-refractivity contribution in [2.24, 2.45) is 4.99 Å². The van der Waals surface area contributed by atoms with Crippen LogP contribution < -0.4 is 14.8 Å². The lowest BCUT2D eigenvalue weighted by Crippen LogP contribution is -2.19. The van der Waals surface area contributed by atoms with Gasteiger partial charge >= 0.3 is 0 Å². The van der Waals surface area contributed by atoms with Crippen molar-refractivity contribution in [3.8, 4) is 11.5 Å². The van der Waals surface area contributed by atoms with Gasteiger partial charge < -0.3 is 14.8 Å². The van der Waals surface area contributed by atoms with Gasteiger partial charge in [0.25, 0.3) is 5.91 Å². The minimum atomic E-state index is -0.210. The van der Waals surface area contributed by atoms with Crippen LogP contribution in [0.4, 0.5) is 5.69 Å². The fourth-order valence-electron chi connectivity index (χ4n) is 3.45. The van der Waals surface area contributed by atoms with Crippen LogP contribution in [0.2, 0.25) is 5.02 Å². The van der Waals surface area contributed by atoms with E-state index in [9.17, 15) is 4.79 Å². The van der Waals surface area contributed by atoms with Crippen LogP contribution in [0.1, 0.15) is 29.2 Å². The molecule has 8 heteroatoms. The molecule has 0 bridgehead atoms. The zero-order valence-corrected chi connectivity index (χ0v) is 22.7. The molecule has 0 saturated carbocycles. The molecule has 0 radical (unpaired) electrons. The van der Waals surface area contributed by atoms with Crippen molar-refractivity contribution in [3.05, 3.63) is 91.3 Å². The fourth-order valence-corrected chi connectivity index (χ4v) is 4.89. The number of hydrogen-bond acceptors (Lipinski definition) is 5. The van der Waals surface area contributed by atoms with Crippen LogP contribution >= 0.6 is 39.3 Å². The van der Waals surface area contributed by atoms with Crippen LogP contribution in [0.15, 0.2) is 69.0 Å². The number of carbonyl (C=O) groups excluding carboxylic acids is 1. The topological polar surface area (TPSA) is 59.9 Å². The lowest BCUT2D eigenvalue weighted by atomic mass is 10.1. The van der Waals surface area contributed by atoms with E-state index in [4.69, 9.17) is 21.1 Å². The fraction of sp³-hybridized carbons (Fsp3) is 0.185. The molecule has 1 heterocycles. The first kappa shape index (κ1) is 25.4. The number of amidine groups is 1. The Hall–Kier alpha value is -2.74. The standard InChI is InChI=1S/C27H24BrClN2O3S/c1-4-33-23-12-19(20(28)14-24(23)34-15-18-8-5-7-16(2)11-18)13-25-26(32)31-27(35-25)30-22-10-6-9-21(29)17(22)3/h5-14H,4,15H2,1-3H3,(H,30,31,32)/b25-13+. The van der Waals surface area contributed by atoms with E-state index in [1.165, 1.54) is 17.3 Å². The van der Waals surface area contributed by atoms with Gasteiger partial charge in [-0.05, 0) is 79.6 Å². The molecule has 5 nitrogen and oxygen atoms in total. The third-order valence-electron chi connectivity index (χ3n) is 5.24. The van der Waals surface area contributed by atoms with Crippen LogP contribution in [0.25, 0.3) is 6.08 Å². The van der Waals surface area contributed by atoms with Crippen molar-refractivity contribution < 1.29 is 14.3 Å². The maximum Gasteiger partial charge on any atom is 0.264 e. The largest absolute Gasteiger partial charge is 0.490 e. The Balaban J connectivity index is 1.57. The van der Waals surface area contributed by atoms with Gasteiger partial charge in [-0.3, -0.25) is 4.79 Å². The zero-order chi connectivity index (χ0) is 24.9. The molecule has 1 fully saturated rings. The van der Waals surface area contributed by atoms with E-state index < -0.39 is 0 Å². The zero-order valence-electron chi connectivity index (χ0n) is 19.5. The summed E-state index contributed by atoms with van der Waals surface area (Å²) in [6.07, 6.45) is 1.81. The second kappa shape index (κ2) is 11.3. The molecule has 180 valence electrons. The Bertz CT molecular complexity index is 1340. The van der Waals surface area contributed by atoms with Crippen molar-refractivity contribution >= 4 is 62.1 Å². The van der Waals surface area contributed by atoms with Crippen LogP contribution in [-0.2, 0) is 11.4 Å². The number of hydrogen-bond donors (Lipinski definition) is 1. The van der Waals surface area contributed by atoms with Crippen LogP contribution in [0.3, 0.4) is 0 Å². The monoisotopic (exact) mass is 570 g/mol. The Morgan fingerprint density at radius 2 is 1.86 bits per heavy atom. The first-order valence-electron chi connectivity index (χ1n) is 11.0. The first-order chi connectivity index (χ1) is 16.8. The number of nitrogens with one attached hydrogen (secondary N) is 1. The molecule has 3 aromatic rings. The van der Waals surface area contributed by atoms with E-state index in [-0.39, 0.29) is 5.91 Å². The maximum atomic E-state index is 12.6. The van der Waals surface area contributed by atoms with Crippen LogP contribution in [0.5, 0.6) is 11.5 Å². The molecule has 0 spiro atoms. The minimum absolute atomic E-state index is 0.210. The predicted octanol–water partition coefficient (Wildman–Crippen LogP) is 7.59. The van der Waals surface area contributed by atoms with E-state index in [1.807, 2.05) is 62.4 Å². The summed E-state index contributed by atoms with van der Waals surface area (Å²) >= 11 is 11.1. The average molecular weight is 572 g/mol. The summed E-state index contributed by atoms with van der Waals surface area (Å²) < 4.78 is 12.7. The number of halogens is 2. The summed E-state index contributed by atoms with van der Waals surface area (Å²) in [5.41, 5.74) is 4.64. The van der Waals surface area contributed by atoms with Crippen molar-refractivity contribution in [2.45, 2.75) is 27.4 Å². The highest BCUT2D eigenvalue weighted by atomic mass is 79.9. The van der Waals surface area contributed by atoms with Crippen molar-refractivity contribution in [2.75, 3.05) is 6.61 Å². The molecule has 0 unspecified atom stereocenters. The van der Waals surface area contributed by atoms with Crippen molar-refractivity contribution in [1.82, 2.24) is 5.32 Å². The second-order valence-electron chi connectivity index (χ2n) is 7.90. The average Bonchev–Trinajstić information content (AvgIpc) is 3.16. The Morgan fingerprint density at radius 3 is 2.63 bits per heavy atom. The molecule has 0 aromatic heterocycles. The number of amides is 1. The molecule has 35 heavy (non-hydrogen) atoms. The SMILES string of the molecule is CCOc1cc(/C=C2/SC(=Nc3cccc(Cl)c3C)NC2=O)c(Br)cc1OCc1cccc(C)c1. The van der Waals surface area contributed by atoms with Gasteiger partial charge in [-0.15, -0.1) is 0 Å². The van der Waals surface area contributed by atoms with Crippen LogP contribution in [0, 0.1) is 13.8 Å². The van der Waals surface area contributed by atoms with Gasteiger partial charge in [0.2, 0.25) is 0 Å². The highest BCUT2D eigenvalue weighted by Gasteiger charge is 2.25. The molecular weight excluding hydrogens is 548 g/mol. The quantitative estimate of drug-likeness (QED) is 0.297. The van der Waals surface area contributed by atoms with Gasteiger partial charge in [0, 0.05) is 9.50 Å². The molecule has 1 saturated heterocycles. The molecule has 0 atom stereocenters. The number of carbonyl (C=O) groups is 1. The number of nitrogens with zero attached hydrogens (tertiary/aromatic N) is 1. The number of aliphatic imine (C=N–C) groups is 1. The maximum absolute atomic E-state index is 12.6. The van der Waals surface area contributed by atoms with Crippen molar-refractivity contribution in [1.29, 1.82) is 0 Å². The summed E-state index contributed by atoms with van der Waals surface area (Å²) in [5.74, 6) is 1.03. The number of benzene rings is 3. The predicted molar refractivity (Wildman–Crippen MR) is 148 cm³/mol. The highest BCUT2D eigenvalue weighted by molar-refractivity contribution is 9.10. The van der Waals surface area contributed by atoms with E-state index in [1.54, 1.807) is 0 Å². The van der Waals surface area contributed by atoms with Gasteiger partial charge in [0.05, 0.1) is 17.2 Å². The Kier molecular flexibility index (Phi) is 8.21. The van der Waals surface area contributed by atoms with E-state index in [0.717, 1.165) is 26.9 Å². The van der Waals surface area contributed by atoms with Gasteiger partial charge in [0.15, 0.2) is 16.7 Å². The van der Waals surface area contributed by atoms with Gasteiger partial charge in [-0.1, -0.05) is 63.4 Å². The van der Waals surface area contributed by atoms with Gasteiger partial charge in [0.1, 0.15) is 6.61 Å². The third-order valence-corrected chi connectivity index (χ3v) is 7.24. The number of rotatable bonds is 7. The molecule has 1 N–H and O–H groups in total.